The third-order valence-corrected chi connectivity index (χ3v) is 3.56. The highest BCUT2D eigenvalue weighted by molar-refractivity contribution is 6.24. The predicted molar refractivity (Wildman–Crippen MR) is 77.3 cm³/mol. The fourth-order valence-corrected chi connectivity index (χ4v) is 2.61. The van der Waals surface area contributed by atoms with Gasteiger partial charge in [0.15, 0.2) is 0 Å². The second-order valence-electron chi connectivity index (χ2n) is 5.04. The Bertz CT molecular complexity index is 611. The number of hydrogen-bond acceptors (Lipinski definition) is 4. The highest BCUT2D eigenvalue weighted by Gasteiger charge is 2.38. The van der Waals surface area contributed by atoms with E-state index < -0.39 is 0 Å². The van der Waals surface area contributed by atoms with E-state index in [1.54, 1.807) is 12.3 Å². The number of aliphatic imine (C=N–C) groups is 1. The predicted octanol–water partition coefficient (Wildman–Crippen LogP) is 2.71. The van der Waals surface area contributed by atoms with Gasteiger partial charge in [-0.2, -0.15) is 10.1 Å². The maximum atomic E-state index is 11.9. The van der Waals surface area contributed by atoms with Crippen LogP contribution in [0, 0.1) is 5.92 Å². The first-order chi connectivity index (χ1) is 9.70. The molecule has 0 saturated heterocycles. The van der Waals surface area contributed by atoms with Crippen molar-refractivity contribution in [2.24, 2.45) is 16.0 Å². The van der Waals surface area contributed by atoms with Crippen LogP contribution in [0.1, 0.15) is 32.4 Å². The molecule has 1 atom stereocenters. The molecule has 1 unspecified atom stereocenters. The smallest absolute Gasteiger partial charge is 0.271 e. The van der Waals surface area contributed by atoms with Crippen molar-refractivity contribution >= 4 is 23.0 Å². The molecule has 0 spiro atoms. The van der Waals surface area contributed by atoms with Crippen molar-refractivity contribution in [1.29, 1.82) is 0 Å². The van der Waals surface area contributed by atoms with E-state index in [2.05, 4.69) is 17.0 Å². The van der Waals surface area contributed by atoms with Gasteiger partial charge in [-0.15, -0.1) is 0 Å². The third kappa shape index (κ3) is 2.09. The zero-order chi connectivity index (χ0) is 14.1. The number of amidine groups is 1. The lowest BCUT2D eigenvalue weighted by atomic mass is 9.90. The maximum Gasteiger partial charge on any atom is 0.271 e. The number of amides is 1. The summed E-state index contributed by atoms with van der Waals surface area (Å²) < 4.78 is 5.45. The summed E-state index contributed by atoms with van der Waals surface area (Å²) in [5.74, 6) is 1.14. The molecule has 0 saturated carbocycles. The van der Waals surface area contributed by atoms with E-state index in [0.717, 1.165) is 36.5 Å². The number of furan rings is 1. The van der Waals surface area contributed by atoms with Crippen LogP contribution in [-0.2, 0) is 4.79 Å². The molecule has 3 heterocycles. The summed E-state index contributed by atoms with van der Waals surface area (Å²) in [5.41, 5.74) is 1.81. The molecule has 2 aliphatic heterocycles. The number of fused-ring (bicyclic) bond motifs is 1. The van der Waals surface area contributed by atoms with Gasteiger partial charge in [0.2, 0.25) is 0 Å². The molecule has 0 aliphatic carbocycles. The summed E-state index contributed by atoms with van der Waals surface area (Å²) in [6.45, 7) is 4.90. The van der Waals surface area contributed by atoms with E-state index >= 15 is 0 Å². The van der Waals surface area contributed by atoms with Crippen molar-refractivity contribution in [3.63, 3.8) is 0 Å². The number of dihydropyridines is 1. The minimum Gasteiger partial charge on any atom is -0.465 e. The van der Waals surface area contributed by atoms with Gasteiger partial charge in [0.1, 0.15) is 11.6 Å². The second kappa shape index (κ2) is 5.07. The van der Waals surface area contributed by atoms with E-state index in [1.807, 2.05) is 24.1 Å². The number of hydrogen-bond donors (Lipinski definition) is 0. The highest BCUT2D eigenvalue weighted by Crippen LogP contribution is 2.34. The molecular formula is C15H17N3O2. The lowest BCUT2D eigenvalue weighted by Crippen LogP contribution is -2.32. The Hall–Kier alpha value is -2.17. The third-order valence-electron chi connectivity index (χ3n) is 3.56. The molecule has 5 heteroatoms. The first kappa shape index (κ1) is 12.8. The Morgan fingerprint density at radius 2 is 2.30 bits per heavy atom. The van der Waals surface area contributed by atoms with E-state index in [1.165, 1.54) is 0 Å². The van der Waals surface area contributed by atoms with Gasteiger partial charge < -0.3 is 4.42 Å². The summed E-state index contributed by atoms with van der Waals surface area (Å²) in [6.07, 6.45) is 5.27. The monoisotopic (exact) mass is 271 g/mol. The van der Waals surface area contributed by atoms with Crippen molar-refractivity contribution in [1.82, 2.24) is 5.01 Å². The van der Waals surface area contributed by atoms with Crippen LogP contribution in [0.4, 0.5) is 0 Å². The number of nitrogens with zero attached hydrogens (tertiary/aromatic N) is 3. The molecule has 104 valence electrons. The molecule has 0 fully saturated rings. The van der Waals surface area contributed by atoms with Gasteiger partial charge >= 0.3 is 0 Å². The van der Waals surface area contributed by atoms with E-state index in [4.69, 9.17) is 4.42 Å². The number of carbonyl (C=O) groups is 1. The van der Waals surface area contributed by atoms with Gasteiger partial charge in [-0.3, -0.25) is 9.80 Å². The summed E-state index contributed by atoms with van der Waals surface area (Å²) in [4.78, 5) is 16.0. The zero-order valence-electron chi connectivity index (χ0n) is 11.7. The van der Waals surface area contributed by atoms with E-state index in [-0.39, 0.29) is 11.8 Å². The molecule has 0 bridgehead atoms. The van der Waals surface area contributed by atoms with Crippen LogP contribution >= 0.6 is 0 Å². The summed E-state index contributed by atoms with van der Waals surface area (Å²) >= 11 is 0. The van der Waals surface area contributed by atoms with Crippen LogP contribution in [0.15, 0.2) is 39.0 Å². The Morgan fingerprint density at radius 3 is 3.00 bits per heavy atom. The fraction of sp³-hybridized carbons (Fsp3) is 0.400. The van der Waals surface area contributed by atoms with Crippen molar-refractivity contribution in [2.75, 3.05) is 6.54 Å². The Balaban J connectivity index is 1.95. The van der Waals surface area contributed by atoms with E-state index in [9.17, 15) is 4.79 Å². The van der Waals surface area contributed by atoms with Gasteiger partial charge in [-0.05, 0) is 25.5 Å². The first-order valence-corrected chi connectivity index (χ1v) is 6.91. The fourth-order valence-electron chi connectivity index (χ4n) is 2.61. The molecular weight excluding hydrogens is 254 g/mol. The van der Waals surface area contributed by atoms with E-state index in [0.29, 0.717) is 5.76 Å². The first-order valence-electron chi connectivity index (χ1n) is 6.91. The maximum absolute atomic E-state index is 11.9. The molecule has 2 aliphatic rings. The average Bonchev–Trinajstić information content (AvgIpc) is 3.04. The van der Waals surface area contributed by atoms with Crippen molar-refractivity contribution in [3.8, 4) is 0 Å². The zero-order valence-corrected chi connectivity index (χ0v) is 11.7. The number of rotatable bonds is 4. The Labute approximate surface area is 117 Å². The lowest BCUT2D eigenvalue weighted by molar-refractivity contribution is -0.113. The molecule has 5 nitrogen and oxygen atoms in total. The van der Waals surface area contributed by atoms with Crippen molar-refractivity contribution in [2.45, 2.75) is 26.7 Å². The Kier molecular flexibility index (Phi) is 3.26. The van der Waals surface area contributed by atoms with Crippen molar-refractivity contribution < 1.29 is 9.21 Å². The second-order valence-corrected chi connectivity index (χ2v) is 5.04. The van der Waals surface area contributed by atoms with Crippen LogP contribution in [0.3, 0.4) is 0 Å². The molecule has 1 aromatic rings. The number of unbranched alkanes of at least 4 members (excludes halogenated alkanes) is 1. The average molecular weight is 271 g/mol. The molecule has 0 aromatic carbocycles. The van der Waals surface area contributed by atoms with Gasteiger partial charge in [0.05, 0.1) is 17.9 Å². The molecule has 3 rings (SSSR count). The highest BCUT2D eigenvalue weighted by atomic mass is 16.3. The van der Waals surface area contributed by atoms with Gasteiger partial charge in [-0.1, -0.05) is 13.3 Å². The van der Waals surface area contributed by atoms with Gasteiger partial charge in [0, 0.05) is 18.2 Å². The van der Waals surface area contributed by atoms with Crippen LogP contribution < -0.4 is 0 Å². The molecule has 0 N–H and O–H groups in total. The summed E-state index contributed by atoms with van der Waals surface area (Å²) in [7, 11) is 0. The lowest BCUT2D eigenvalue weighted by Gasteiger charge is -2.22. The number of hydrazone groups is 1. The summed E-state index contributed by atoms with van der Waals surface area (Å²) in [6, 6.07) is 3.69. The van der Waals surface area contributed by atoms with Crippen LogP contribution in [0.5, 0.6) is 0 Å². The largest absolute Gasteiger partial charge is 0.465 e. The number of carbonyl (C=O) groups excluding carboxylic acids is 1. The molecule has 20 heavy (non-hydrogen) atoms. The minimum absolute atomic E-state index is 0.0595. The summed E-state index contributed by atoms with van der Waals surface area (Å²) in [5, 5.41) is 6.41. The topological polar surface area (TPSA) is 58.2 Å². The SMILES string of the molecule is CCCCN1N=C(C)C2C(c3ccco3)=CC(=O)N=C21. The van der Waals surface area contributed by atoms with Gasteiger partial charge in [0.25, 0.3) is 5.91 Å². The molecule has 1 aromatic heterocycles. The molecule has 1 amide bonds. The Morgan fingerprint density at radius 1 is 1.45 bits per heavy atom. The van der Waals surface area contributed by atoms with Crippen LogP contribution in [0.25, 0.3) is 5.57 Å². The normalized spacial score (nSPS) is 21.5. The molecule has 0 radical (unpaired) electrons. The quantitative estimate of drug-likeness (QED) is 0.846. The van der Waals surface area contributed by atoms with Crippen molar-refractivity contribution in [3.05, 3.63) is 30.2 Å². The van der Waals surface area contributed by atoms with Crippen LogP contribution in [0.2, 0.25) is 0 Å². The minimum atomic E-state index is -0.242. The van der Waals surface area contributed by atoms with Gasteiger partial charge in [-0.25, -0.2) is 0 Å². The van der Waals surface area contributed by atoms with Crippen LogP contribution in [-0.4, -0.2) is 29.0 Å². The standard InChI is InChI=1S/C15H17N3O2/c1-3-4-7-18-15-14(10(2)17-18)11(9-13(19)16-15)12-6-5-8-20-12/h5-6,8-9,14H,3-4,7H2,1-2H3.